The van der Waals surface area contributed by atoms with Gasteiger partial charge in [-0.2, -0.15) is 5.26 Å². The third-order valence-corrected chi connectivity index (χ3v) is 5.98. The van der Waals surface area contributed by atoms with Crippen LogP contribution in [0.2, 0.25) is 10.0 Å². The molecule has 0 spiro atoms. The highest BCUT2D eigenvalue weighted by Crippen LogP contribution is 2.39. The van der Waals surface area contributed by atoms with Crippen molar-refractivity contribution < 1.29 is 4.42 Å². The Balaban J connectivity index is 1.62. The van der Waals surface area contributed by atoms with Crippen LogP contribution >= 0.6 is 34.5 Å². The number of nitriles is 1. The van der Waals surface area contributed by atoms with Crippen molar-refractivity contribution in [3.8, 4) is 17.4 Å². The lowest BCUT2D eigenvalue weighted by Gasteiger charge is -2.09. The van der Waals surface area contributed by atoms with Gasteiger partial charge in [-0.1, -0.05) is 23.2 Å². The average molecular weight is 401 g/mol. The Morgan fingerprint density at radius 2 is 1.88 bits per heavy atom. The van der Waals surface area contributed by atoms with Gasteiger partial charge in [0, 0.05) is 20.5 Å². The van der Waals surface area contributed by atoms with Gasteiger partial charge in [-0.3, -0.25) is 0 Å². The highest BCUT2D eigenvalue weighted by atomic mass is 35.5. The SMILES string of the molecule is N#Cc1c(/N=C/c2ccc(-c3cc(Cl)cc(Cl)c3)o2)sc2c1CCCC2. The Kier molecular flexibility index (Phi) is 4.86. The molecule has 0 atom stereocenters. The fourth-order valence-corrected chi connectivity index (χ4v) is 4.86. The van der Waals surface area contributed by atoms with E-state index in [9.17, 15) is 5.26 Å². The lowest BCUT2D eigenvalue weighted by molar-refractivity contribution is 0.575. The van der Waals surface area contributed by atoms with Crippen LogP contribution in [0.1, 0.15) is 34.6 Å². The molecule has 0 fully saturated rings. The molecule has 2 aromatic heterocycles. The van der Waals surface area contributed by atoms with Gasteiger partial charge in [-0.15, -0.1) is 11.3 Å². The summed E-state index contributed by atoms with van der Waals surface area (Å²) in [6.45, 7) is 0. The summed E-state index contributed by atoms with van der Waals surface area (Å²) in [4.78, 5) is 5.82. The van der Waals surface area contributed by atoms with Crippen molar-refractivity contribution in [2.24, 2.45) is 4.99 Å². The minimum Gasteiger partial charge on any atom is -0.455 e. The van der Waals surface area contributed by atoms with Gasteiger partial charge >= 0.3 is 0 Å². The molecule has 1 aliphatic rings. The molecule has 0 unspecified atom stereocenters. The molecular formula is C20H14Cl2N2OS. The maximum absolute atomic E-state index is 9.50. The van der Waals surface area contributed by atoms with E-state index in [0.717, 1.165) is 29.8 Å². The van der Waals surface area contributed by atoms with Crippen molar-refractivity contribution >= 4 is 45.8 Å². The second-order valence-electron chi connectivity index (χ2n) is 6.12. The fourth-order valence-electron chi connectivity index (χ4n) is 3.15. The molecule has 4 rings (SSSR count). The molecule has 0 bridgehead atoms. The van der Waals surface area contributed by atoms with Crippen molar-refractivity contribution in [3.63, 3.8) is 0 Å². The summed E-state index contributed by atoms with van der Waals surface area (Å²) in [5, 5.41) is 11.4. The number of furan rings is 1. The van der Waals surface area contributed by atoms with Crippen LogP contribution in [0, 0.1) is 11.3 Å². The lowest BCUT2D eigenvalue weighted by atomic mass is 9.96. The molecule has 3 aromatic rings. The third kappa shape index (κ3) is 3.43. The molecule has 1 aliphatic carbocycles. The first-order valence-electron chi connectivity index (χ1n) is 8.29. The second-order valence-corrected chi connectivity index (χ2v) is 8.08. The Morgan fingerprint density at radius 1 is 1.12 bits per heavy atom. The van der Waals surface area contributed by atoms with Crippen molar-refractivity contribution in [1.82, 2.24) is 0 Å². The predicted octanol–water partition coefficient (Wildman–Crippen LogP) is 6.82. The van der Waals surface area contributed by atoms with Crippen LogP contribution in [0.3, 0.4) is 0 Å². The molecule has 6 heteroatoms. The van der Waals surface area contributed by atoms with Crippen molar-refractivity contribution in [1.29, 1.82) is 5.26 Å². The number of aryl methyl sites for hydroxylation is 1. The first-order valence-corrected chi connectivity index (χ1v) is 9.86. The van der Waals surface area contributed by atoms with E-state index < -0.39 is 0 Å². The van der Waals surface area contributed by atoms with E-state index in [1.165, 1.54) is 16.9 Å². The molecule has 0 aliphatic heterocycles. The largest absolute Gasteiger partial charge is 0.455 e. The summed E-state index contributed by atoms with van der Waals surface area (Å²) in [5.74, 6) is 1.29. The monoisotopic (exact) mass is 400 g/mol. The smallest absolute Gasteiger partial charge is 0.145 e. The van der Waals surface area contributed by atoms with E-state index in [2.05, 4.69) is 11.1 Å². The number of hydrogen-bond donors (Lipinski definition) is 0. The Morgan fingerprint density at radius 3 is 2.65 bits per heavy atom. The molecule has 2 heterocycles. The number of rotatable bonds is 3. The Bertz CT molecular complexity index is 1020. The maximum atomic E-state index is 9.50. The molecule has 26 heavy (non-hydrogen) atoms. The van der Waals surface area contributed by atoms with Crippen molar-refractivity contribution in [2.75, 3.05) is 0 Å². The number of halogens is 2. The number of aliphatic imine (C=N–C) groups is 1. The van der Waals surface area contributed by atoms with E-state index in [1.807, 2.05) is 12.1 Å². The molecule has 0 N–H and O–H groups in total. The number of fused-ring (bicyclic) bond motifs is 1. The fraction of sp³-hybridized carbons (Fsp3) is 0.200. The van der Waals surface area contributed by atoms with Gasteiger partial charge in [-0.25, -0.2) is 4.99 Å². The lowest BCUT2D eigenvalue weighted by Crippen LogP contribution is -1.99. The summed E-state index contributed by atoms with van der Waals surface area (Å²) in [6.07, 6.45) is 6.01. The minimum absolute atomic E-state index is 0.557. The van der Waals surface area contributed by atoms with Crippen LogP contribution in [-0.4, -0.2) is 6.21 Å². The third-order valence-electron chi connectivity index (χ3n) is 4.35. The van der Waals surface area contributed by atoms with Crippen LogP contribution in [0.5, 0.6) is 0 Å². The molecule has 0 saturated heterocycles. The first-order chi connectivity index (χ1) is 12.6. The van der Waals surface area contributed by atoms with Crippen LogP contribution in [0.4, 0.5) is 5.00 Å². The summed E-state index contributed by atoms with van der Waals surface area (Å²) >= 11 is 13.7. The highest BCUT2D eigenvalue weighted by molar-refractivity contribution is 7.16. The van der Waals surface area contributed by atoms with E-state index in [4.69, 9.17) is 27.6 Å². The van der Waals surface area contributed by atoms with Gasteiger partial charge < -0.3 is 4.42 Å². The average Bonchev–Trinajstić information content (AvgIpc) is 3.23. The Labute approximate surface area is 165 Å². The molecule has 0 saturated carbocycles. The summed E-state index contributed by atoms with van der Waals surface area (Å²) in [7, 11) is 0. The molecule has 0 radical (unpaired) electrons. The standard InChI is InChI=1S/C20H14Cl2N2OS/c21-13-7-12(8-14(22)9-13)18-6-5-15(25-18)11-24-20-17(10-23)16-3-1-2-4-19(16)26-20/h5-9,11H,1-4H2/b24-11+. The molecular weight excluding hydrogens is 387 g/mol. The maximum Gasteiger partial charge on any atom is 0.145 e. The first kappa shape index (κ1) is 17.4. The quantitative estimate of drug-likeness (QED) is 0.452. The topological polar surface area (TPSA) is 49.3 Å². The number of thiophene rings is 1. The summed E-state index contributed by atoms with van der Waals surface area (Å²) < 4.78 is 5.83. The van der Waals surface area contributed by atoms with Gasteiger partial charge in [0.2, 0.25) is 0 Å². The zero-order chi connectivity index (χ0) is 18.1. The number of nitrogens with zero attached hydrogens (tertiary/aromatic N) is 2. The summed E-state index contributed by atoms with van der Waals surface area (Å²) in [5.41, 5.74) is 2.71. The molecule has 1 aromatic carbocycles. The van der Waals surface area contributed by atoms with Gasteiger partial charge in [0.15, 0.2) is 0 Å². The zero-order valence-electron chi connectivity index (χ0n) is 13.8. The van der Waals surface area contributed by atoms with Gasteiger partial charge in [-0.05, 0) is 61.6 Å². The van der Waals surface area contributed by atoms with Crippen LogP contribution in [0.25, 0.3) is 11.3 Å². The number of benzene rings is 1. The van der Waals surface area contributed by atoms with Crippen LogP contribution in [-0.2, 0) is 12.8 Å². The summed E-state index contributed by atoms with van der Waals surface area (Å²) in [6, 6.07) is 11.3. The van der Waals surface area contributed by atoms with Crippen molar-refractivity contribution in [3.05, 3.63) is 62.1 Å². The number of hydrogen-bond acceptors (Lipinski definition) is 4. The molecule has 0 amide bonds. The van der Waals surface area contributed by atoms with Crippen LogP contribution < -0.4 is 0 Å². The zero-order valence-corrected chi connectivity index (χ0v) is 16.1. The van der Waals surface area contributed by atoms with Gasteiger partial charge in [0.1, 0.15) is 22.6 Å². The van der Waals surface area contributed by atoms with E-state index in [-0.39, 0.29) is 0 Å². The van der Waals surface area contributed by atoms with Gasteiger partial charge in [0.05, 0.1) is 11.8 Å². The van der Waals surface area contributed by atoms with Crippen LogP contribution in [0.15, 0.2) is 39.7 Å². The molecule has 3 nitrogen and oxygen atoms in total. The van der Waals surface area contributed by atoms with Crippen molar-refractivity contribution in [2.45, 2.75) is 25.7 Å². The molecule has 130 valence electrons. The van der Waals surface area contributed by atoms with E-state index in [1.54, 1.807) is 35.8 Å². The normalized spacial score (nSPS) is 13.7. The minimum atomic E-state index is 0.557. The predicted molar refractivity (Wildman–Crippen MR) is 107 cm³/mol. The highest BCUT2D eigenvalue weighted by Gasteiger charge is 2.20. The van der Waals surface area contributed by atoms with E-state index >= 15 is 0 Å². The van der Waals surface area contributed by atoms with E-state index in [0.29, 0.717) is 27.1 Å². The second kappa shape index (κ2) is 7.28. The Hall–Kier alpha value is -2.06. The van der Waals surface area contributed by atoms with Gasteiger partial charge in [0.25, 0.3) is 0 Å².